The predicted molar refractivity (Wildman–Crippen MR) is 96.5 cm³/mol. The van der Waals surface area contributed by atoms with Gasteiger partial charge >= 0.3 is 0 Å². The summed E-state index contributed by atoms with van der Waals surface area (Å²) in [5.74, 6) is 0.452. The summed E-state index contributed by atoms with van der Waals surface area (Å²) in [6.45, 7) is 10.4. The third kappa shape index (κ3) is 20.1. The Hall–Kier alpha value is -1.87. The molecule has 2 unspecified atom stereocenters. The Morgan fingerprint density at radius 1 is 1.00 bits per heavy atom. The summed E-state index contributed by atoms with van der Waals surface area (Å²) in [4.78, 5) is 10.1. The van der Waals surface area contributed by atoms with E-state index in [-0.39, 0.29) is 5.92 Å². The molecule has 2 atom stereocenters. The van der Waals surface area contributed by atoms with Crippen LogP contribution in [0.25, 0.3) is 0 Å². The fraction of sp³-hybridized carbons (Fsp3) is 0.650. The van der Waals surface area contributed by atoms with Gasteiger partial charge in [-0.2, -0.15) is 10.5 Å². The summed E-state index contributed by atoms with van der Waals surface area (Å²) in [7, 11) is 0. The van der Waals surface area contributed by atoms with E-state index in [1.165, 1.54) is 11.1 Å². The number of aldehydes is 1. The molecule has 128 valence electrons. The van der Waals surface area contributed by atoms with Crippen LogP contribution in [0.1, 0.15) is 73.1 Å². The first-order chi connectivity index (χ1) is 10.9. The number of nitriles is 2. The SMILES string of the molecule is CC(C)=CCCC(C#N)CC=O.CC(C)=CCCC(C)CC#N. The first-order valence-corrected chi connectivity index (χ1v) is 8.34. The molecule has 0 spiro atoms. The maximum absolute atomic E-state index is 10.1. The molecule has 23 heavy (non-hydrogen) atoms. The van der Waals surface area contributed by atoms with Crippen molar-refractivity contribution < 1.29 is 4.79 Å². The fourth-order valence-corrected chi connectivity index (χ4v) is 1.84. The molecule has 0 saturated heterocycles. The molecule has 0 aromatic carbocycles. The molecule has 0 aliphatic carbocycles. The molecule has 0 aliphatic heterocycles. The standard InChI is InChI=1S/C10H15NO.C10H17N/c1-9(2)4-3-5-10(8-11)6-7-12;1-9(2)5-4-6-10(3)7-8-11/h4,7,10H,3,5-6H2,1-2H3;5,10H,4,6-7H2,1-3H3. The Bertz CT molecular complexity index is 441. The van der Waals surface area contributed by atoms with Crippen LogP contribution in [0, 0.1) is 34.5 Å². The molecule has 0 aliphatic rings. The van der Waals surface area contributed by atoms with Crippen molar-refractivity contribution in [3.63, 3.8) is 0 Å². The molecule has 0 N–H and O–H groups in total. The van der Waals surface area contributed by atoms with Gasteiger partial charge in [0.25, 0.3) is 0 Å². The van der Waals surface area contributed by atoms with Crippen molar-refractivity contribution in [1.29, 1.82) is 10.5 Å². The normalized spacial score (nSPS) is 11.6. The van der Waals surface area contributed by atoms with E-state index in [1.807, 2.05) is 13.8 Å². The number of allylic oxidation sites excluding steroid dienone is 4. The minimum Gasteiger partial charge on any atom is -0.303 e. The van der Waals surface area contributed by atoms with Gasteiger partial charge in [-0.15, -0.1) is 0 Å². The van der Waals surface area contributed by atoms with Gasteiger partial charge in [0.1, 0.15) is 6.29 Å². The highest BCUT2D eigenvalue weighted by Gasteiger charge is 2.04. The molecule has 0 aromatic heterocycles. The van der Waals surface area contributed by atoms with Crippen LogP contribution >= 0.6 is 0 Å². The Morgan fingerprint density at radius 2 is 1.52 bits per heavy atom. The van der Waals surface area contributed by atoms with Crippen molar-refractivity contribution in [3.8, 4) is 12.1 Å². The van der Waals surface area contributed by atoms with Crippen LogP contribution in [0.4, 0.5) is 0 Å². The van der Waals surface area contributed by atoms with E-state index < -0.39 is 0 Å². The number of hydrogen-bond acceptors (Lipinski definition) is 3. The first kappa shape index (κ1) is 23.4. The van der Waals surface area contributed by atoms with E-state index in [4.69, 9.17) is 10.5 Å². The number of carbonyl (C=O) groups is 1. The maximum Gasteiger partial charge on any atom is 0.121 e. The predicted octanol–water partition coefficient (Wildman–Crippen LogP) is 5.74. The van der Waals surface area contributed by atoms with E-state index in [0.717, 1.165) is 32.0 Å². The topological polar surface area (TPSA) is 64.7 Å². The first-order valence-electron chi connectivity index (χ1n) is 8.34. The number of carbonyl (C=O) groups excluding carboxylic acids is 1. The lowest BCUT2D eigenvalue weighted by atomic mass is 10.0. The molecular formula is C20H32N2O. The summed E-state index contributed by atoms with van der Waals surface area (Å²) in [6, 6.07) is 4.30. The average molecular weight is 316 g/mol. The lowest BCUT2D eigenvalue weighted by Crippen LogP contribution is -1.96. The Morgan fingerprint density at radius 3 is 1.91 bits per heavy atom. The third-order valence-electron chi connectivity index (χ3n) is 3.28. The number of nitrogens with zero attached hydrogens (tertiary/aromatic N) is 2. The van der Waals surface area contributed by atoms with Crippen molar-refractivity contribution in [2.75, 3.05) is 0 Å². The highest BCUT2D eigenvalue weighted by Crippen LogP contribution is 2.11. The van der Waals surface area contributed by atoms with Crippen LogP contribution in [0.2, 0.25) is 0 Å². The summed E-state index contributed by atoms with van der Waals surface area (Å²) in [6.07, 6.45) is 10.1. The zero-order valence-electron chi connectivity index (χ0n) is 15.4. The van der Waals surface area contributed by atoms with Gasteiger partial charge in [0.05, 0.1) is 18.1 Å². The van der Waals surface area contributed by atoms with Crippen molar-refractivity contribution >= 4 is 6.29 Å². The number of hydrogen-bond donors (Lipinski definition) is 0. The van der Waals surface area contributed by atoms with Crippen LogP contribution in [-0.4, -0.2) is 6.29 Å². The van der Waals surface area contributed by atoms with Crippen molar-refractivity contribution in [2.45, 2.75) is 73.1 Å². The molecule has 0 amide bonds. The molecule has 0 rings (SSSR count). The van der Waals surface area contributed by atoms with Crippen LogP contribution < -0.4 is 0 Å². The molecular weight excluding hydrogens is 284 g/mol. The molecule has 0 radical (unpaired) electrons. The zero-order valence-corrected chi connectivity index (χ0v) is 15.4. The lowest BCUT2D eigenvalue weighted by Gasteiger charge is -2.02. The molecule has 0 aromatic rings. The quantitative estimate of drug-likeness (QED) is 0.402. The Kier molecular flexibility index (Phi) is 16.8. The van der Waals surface area contributed by atoms with Crippen molar-refractivity contribution in [1.82, 2.24) is 0 Å². The Balaban J connectivity index is 0. The molecule has 0 heterocycles. The van der Waals surface area contributed by atoms with Gasteiger partial charge in [0.2, 0.25) is 0 Å². The lowest BCUT2D eigenvalue weighted by molar-refractivity contribution is -0.108. The molecule has 0 fully saturated rings. The molecule has 3 nitrogen and oxygen atoms in total. The van der Waals surface area contributed by atoms with Crippen molar-refractivity contribution in [2.24, 2.45) is 11.8 Å². The minimum absolute atomic E-state index is 0.0990. The van der Waals surface area contributed by atoms with E-state index in [0.29, 0.717) is 18.8 Å². The second-order valence-electron chi connectivity index (χ2n) is 6.41. The van der Waals surface area contributed by atoms with Gasteiger partial charge in [0.15, 0.2) is 0 Å². The third-order valence-corrected chi connectivity index (χ3v) is 3.28. The largest absolute Gasteiger partial charge is 0.303 e. The fourth-order valence-electron chi connectivity index (χ4n) is 1.84. The van der Waals surface area contributed by atoms with E-state index >= 15 is 0 Å². The van der Waals surface area contributed by atoms with E-state index in [1.54, 1.807) is 0 Å². The van der Waals surface area contributed by atoms with E-state index in [2.05, 4.69) is 45.1 Å². The zero-order chi connectivity index (χ0) is 18.1. The van der Waals surface area contributed by atoms with Gasteiger partial charge < -0.3 is 4.79 Å². The van der Waals surface area contributed by atoms with Gasteiger partial charge in [-0.05, 0) is 59.3 Å². The summed E-state index contributed by atoms with van der Waals surface area (Å²) < 4.78 is 0. The summed E-state index contributed by atoms with van der Waals surface area (Å²) in [5, 5.41) is 17.0. The summed E-state index contributed by atoms with van der Waals surface area (Å²) in [5.41, 5.74) is 2.63. The van der Waals surface area contributed by atoms with Crippen LogP contribution in [-0.2, 0) is 4.79 Å². The highest BCUT2D eigenvalue weighted by molar-refractivity contribution is 5.50. The molecule has 0 saturated carbocycles. The van der Waals surface area contributed by atoms with Crippen molar-refractivity contribution in [3.05, 3.63) is 23.3 Å². The second kappa shape index (κ2) is 16.5. The molecule has 3 heteroatoms. The van der Waals surface area contributed by atoms with Gasteiger partial charge in [0, 0.05) is 12.8 Å². The van der Waals surface area contributed by atoms with Crippen LogP contribution in [0.3, 0.4) is 0 Å². The van der Waals surface area contributed by atoms with Crippen LogP contribution in [0.5, 0.6) is 0 Å². The smallest absolute Gasteiger partial charge is 0.121 e. The molecule has 0 bridgehead atoms. The average Bonchev–Trinajstić information content (AvgIpc) is 2.46. The monoisotopic (exact) mass is 316 g/mol. The highest BCUT2D eigenvalue weighted by atomic mass is 16.1. The number of rotatable bonds is 9. The van der Waals surface area contributed by atoms with Gasteiger partial charge in [-0.3, -0.25) is 0 Å². The second-order valence-corrected chi connectivity index (χ2v) is 6.41. The maximum atomic E-state index is 10.1. The summed E-state index contributed by atoms with van der Waals surface area (Å²) >= 11 is 0. The van der Waals surface area contributed by atoms with E-state index in [9.17, 15) is 4.79 Å². The van der Waals surface area contributed by atoms with Gasteiger partial charge in [-0.1, -0.05) is 30.2 Å². The van der Waals surface area contributed by atoms with Gasteiger partial charge in [-0.25, -0.2) is 0 Å². The minimum atomic E-state index is -0.0990. The Labute approximate surface area is 142 Å². The van der Waals surface area contributed by atoms with Crippen LogP contribution in [0.15, 0.2) is 23.3 Å².